The van der Waals surface area contributed by atoms with Crippen LogP contribution in [0.4, 0.5) is 0 Å². The fourth-order valence-electron chi connectivity index (χ4n) is 3.49. The molecule has 24 heavy (non-hydrogen) atoms. The third-order valence-electron chi connectivity index (χ3n) is 4.67. The average molecular weight is 326 g/mol. The van der Waals surface area contributed by atoms with Crippen molar-refractivity contribution in [3.05, 3.63) is 71.8 Å². The molecular formula is C20H26N2O2. The lowest BCUT2D eigenvalue weighted by Crippen LogP contribution is -2.44. The molecule has 4 nitrogen and oxygen atoms in total. The number of hydrogen-bond donors (Lipinski definition) is 2. The van der Waals surface area contributed by atoms with Crippen LogP contribution in [0.3, 0.4) is 0 Å². The number of likely N-dealkylation sites (tertiary alicyclic amines) is 1. The second-order valence-corrected chi connectivity index (χ2v) is 6.49. The van der Waals surface area contributed by atoms with Gasteiger partial charge in [-0.15, -0.1) is 0 Å². The SMILES string of the molecule is OCCN(Cc1ccccc1)[C@@H]1CN(Cc2ccccc2)C[C@H]1O. The largest absolute Gasteiger partial charge is 0.395 e. The van der Waals surface area contributed by atoms with Crippen LogP contribution in [0, 0.1) is 0 Å². The molecule has 0 spiro atoms. The van der Waals surface area contributed by atoms with Crippen LogP contribution in [-0.4, -0.2) is 58.4 Å². The molecule has 1 heterocycles. The van der Waals surface area contributed by atoms with E-state index in [2.05, 4.69) is 34.1 Å². The van der Waals surface area contributed by atoms with Crippen LogP contribution in [-0.2, 0) is 13.1 Å². The molecule has 0 aliphatic carbocycles. The summed E-state index contributed by atoms with van der Waals surface area (Å²) in [5.74, 6) is 0. The first-order valence-electron chi connectivity index (χ1n) is 8.59. The highest BCUT2D eigenvalue weighted by Gasteiger charge is 2.35. The fraction of sp³-hybridized carbons (Fsp3) is 0.400. The van der Waals surface area contributed by atoms with Crippen molar-refractivity contribution in [1.82, 2.24) is 9.80 Å². The minimum atomic E-state index is -0.385. The van der Waals surface area contributed by atoms with Crippen molar-refractivity contribution in [2.75, 3.05) is 26.2 Å². The van der Waals surface area contributed by atoms with Gasteiger partial charge in [0.05, 0.1) is 12.7 Å². The summed E-state index contributed by atoms with van der Waals surface area (Å²) in [5.41, 5.74) is 2.47. The molecule has 0 bridgehead atoms. The van der Waals surface area contributed by atoms with Crippen LogP contribution in [0.25, 0.3) is 0 Å². The quantitative estimate of drug-likeness (QED) is 0.813. The maximum Gasteiger partial charge on any atom is 0.0834 e. The third kappa shape index (κ3) is 4.42. The number of benzene rings is 2. The zero-order valence-corrected chi connectivity index (χ0v) is 14.0. The van der Waals surface area contributed by atoms with Crippen molar-refractivity contribution in [2.45, 2.75) is 25.2 Å². The predicted molar refractivity (Wildman–Crippen MR) is 95.5 cm³/mol. The summed E-state index contributed by atoms with van der Waals surface area (Å²) in [4.78, 5) is 4.49. The van der Waals surface area contributed by atoms with Gasteiger partial charge in [-0.05, 0) is 11.1 Å². The Morgan fingerprint density at radius 2 is 1.54 bits per heavy atom. The predicted octanol–water partition coefficient (Wildman–Crippen LogP) is 1.73. The lowest BCUT2D eigenvalue weighted by atomic mass is 10.1. The summed E-state index contributed by atoms with van der Waals surface area (Å²) in [6.07, 6.45) is -0.385. The normalized spacial score (nSPS) is 21.5. The van der Waals surface area contributed by atoms with Crippen molar-refractivity contribution >= 4 is 0 Å². The van der Waals surface area contributed by atoms with Crippen molar-refractivity contribution in [3.63, 3.8) is 0 Å². The highest BCUT2D eigenvalue weighted by molar-refractivity contribution is 5.16. The number of aliphatic hydroxyl groups is 2. The van der Waals surface area contributed by atoms with Crippen molar-refractivity contribution < 1.29 is 10.2 Å². The third-order valence-corrected chi connectivity index (χ3v) is 4.67. The monoisotopic (exact) mass is 326 g/mol. The van der Waals surface area contributed by atoms with Crippen LogP contribution in [0.1, 0.15) is 11.1 Å². The summed E-state index contributed by atoms with van der Waals surface area (Å²) >= 11 is 0. The Morgan fingerprint density at radius 1 is 0.917 bits per heavy atom. The molecule has 2 N–H and O–H groups in total. The minimum Gasteiger partial charge on any atom is -0.395 e. The molecular weight excluding hydrogens is 300 g/mol. The molecule has 1 aliphatic rings. The van der Waals surface area contributed by atoms with E-state index >= 15 is 0 Å². The summed E-state index contributed by atoms with van der Waals surface area (Å²) in [7, 11) is 0. The van der Waals surface area contributed by atoms with E-state index in [4.69, 9.17) is 0 Å². The van der Waals surface area contributed by atoms with E-state index in [0.717, 1.165) is 19.6 Å². The van der Waals surface area contributed by atoms with Gasteiger partial charge in [0.2, 0.25) is 0 Å². The molecule has 0 radical (unpaired) electrons. The zero-order valence-electron chi connectivity index (χ0n) is 14.0. The summed E-state index contributed by atoms with van der Waals surface area (Å²) in [6.45, 7) is 3.79. The molecule has 4 heteroatoms. The molecule has 3 rings (SSSR count). The molecule has 2 atom stereocenters. The molecule has 0 saturated carbocycles. The molecule has 0 amide bonds. The highest BCUT2D eigenvalue weighted by Crippen LogP contribution is 2.20. The number of rotatable bonds is 7. The Bertz CT molecular complexity index is 606. The van der Waals surface area contributed by atoms with Gasteiger partial charge in [0, 0.05) is 38.8 Å². The van der Waals surface area contributed by atoms with E-state index in [9.17, 15) is 10.2 Å². The highest BCUT2D eigenvalue weighted by atomic mass is 16.3. The lowest BCUT2D eigenvalue weighted by Gasteiger charge is -2.30. The van der Waals surface area contributed by atoms with Crippen molar-refractivity contribution in [2.24, 2.45) is 0 Å². The molecule has 1 aliphatic heterocycles. The van der Waals surface area contributed by atoms with E-state index in [0.29, 0.717) is 13.1 Å². The number of aliphatic hydroxyl groups excluding tert-OH is 2. The smallest absolute Gasteiger partial charge is 0.0834 e. The van der Waals surface area contributed by atoms with Gasteiger partial charge in [0.1, 0.15) is 0 Å². The fourth-order valence-corrected chi connectivity index (χ4v) is 3.49. The van der Waals surface area contributed by atoms with E-state index in [1.165, 1.54) is 11.1 Å². The van der Waals surface area contributed by atoms with Gasteiger partial charge >= 0.3 is 0 Å². The van der Waals surface area contributed by atoms with Gasteiger partial charge in [-0.3, -0.25) is 9.80 Å². The Hall–Kier alpha value is -1.72. The number of β-amino-alcohol motifs (C(OH)–C–C–N with tert-alkyl or cyclic N) is 1. The maximum absolute atomic E-state index is 10.5. The van der Waals surface area contributed by atoms with Crippen molar-refractivity contribution in [1.29, 1.82) is 0 Å². The van der Waals surface area contributed by atoms with Crippen LogP contribution in [0.5, 0.6) is 0 Å². The molecule has 128 valence electrons. The minimum absolute atomic E-state index is 0.0565. The summed E-state index contributed by atoms with van der Waals surface area (Å²) in [5, 5.41) is 20.0. The van der Waals surface area contributed by atoms with Crippen molar-refractivity contribution in [3.8, 4) is 0 Å². The average Bonchev–Trinajstić information content (AvgIpc) is 2.96. The molecule has 1 saturated heterocycles. The van der Waals surface area contributed by atoms with Crippen LogP contribution in [0.15, 0.2) is 60.7 Å². The Kier molecular flexibility index (Phi) is 5.99. The molecule has 1 fully saturated rings. The first-order valence-corrected chi connectivity index (χ1v) is 8.59. The topological polar surface area (TPSA) is 46.9 Å². The molecule has 0 aromatic heterocycles. The Morgan fingerprint density at radius 3 is 2.17 bits per heavy atom. The second-order valence-electron chi connectivity index (χ2n) is 6.49. The molecule has 2 aromatic carbocycles. The van der Waals surface area contributed by atoms with Crippen LogP contribution < -0.4 is 0 Å². The first-order chi connectivity index (χ1) is 11.8. The van der Waals surface area contributed by atoms with E-state index in [1.54, 1.807) is 0 Å². The summed E-state index contributed by atoms with van der Waals surface area (Å²) < 4.78 is 0. The van der Waals surface area contributed by atoms with E-state index in [-0.39, 0.29) is 18.8 Å². The number of hydrogen-bond acceptors (Lipinski definition) is 4. The second kappa shape index (κ2) is 8.40. The maximum atomic E-state index is 10.5. The van der Waals surface area contributed by atoms with Crippen LogP contribution in [0.2, 0.25) is 0 Å². The molecule has 2 aromatic rings. The standard InChI is InChI=1S/C20H26N2O2/c23-12-11-22(14-18-9-5-2-6-10-18)19-15-21(16-20(19)24)13-17-7-3-1-4-8-17/h1-10,19-20,23-24H,11-16H2/t19-,20-/m1/s1. The Labute approximate surface area is 144 Å². The van der Waals surface area contributed by atoms with Gasteiger partial charge in [-0.1, -0.05) is 60.7 Å². The van der Waals surface area contributed by atoms with E-state index in [1.807, 2.05) is 36.4 Å². The van der Waals surface area contributed by atoms with Gasteiger partial charge in [0.25, 0.3) is 0 Å². The Balaban J connectivity index is 1.64. The zero-order chi connectivity index (χ0) is 16.8. The first kappa shape index (κ1) is 17.1. The van der Waals surface area contributed by atoms with Gasteiger partial charge < -0.3 is 10.2 Å². The summed E-state index contributed by atoms with van der Waals surface area (Å²) in [6, 6.07) is 20.7. The lowest BCUT2D eigenvalue weighted by molar-refractivity contribution is 0.0655. The van der Waals surface area contributed by atoms with Crippen LogP contribution >= 0.6 is 0 Å². The number of nitrogens with zero attached hydrogens (tertiary/aromatic N) is 2. The van der Waals surface area contributed by atoms with Gasteiger partial charge in [-0.25, -0.2) is 0 Å². The molecule has 0 unspecified atom stereocenters. The van der Waals surface area contributed by atoms with Gasteiger partial charge in [-0.2, -0.15) is 0 Å². The van der Waals surface area contributed by atoms with E-state index < -0.39 is 0 Å². The van der Waals surface area contributed by atoms with Gasteiger partial charge in [0.15, 0.2) is 0 Å².